The van der Waals surface area contributed by atoms with Gasteiger partial charge in [-0.15, -0.1) is 0 Å². The van der Waals surface area contributed by atoms with Crippen LogP contribution in [-0.2, 0) is 6.42 Å². The molecular formula is C15H25N. The number of rotatable bonds is 6. The van der Waals surface area contributed by atoms with Crippen LogP contribution in [0, 0.1) is 19.8 Å². The summed E-state index contributed by atoms with van der Waals surface area (Å²) < 4.78 is 0. The number of benzene rings is 1. The third-order valence-electron chi connectivity index (χ3n) is 2.65. The van der Waals surface area contributed by atoms with Crippen molar-refractivity contribution in [3.8, 4) is 0 Å². The van der Waals surface area contributed by atoms with Crippen molar-refractivity contribution in [1.29, 1.82) is 0 Å². The summed E-state index contributed by atoms with van der Waals surface area (Å²) in [4.78, 5) is 0. The molecule has 0 aromatic heterocycles. The highest BCUT2D eigenvalue weighted by molar-refractivity contribution is 5.28. The molecule has 0 spiro atoms. The van der Waals surface area contributed by atoms with Gasteiger partial charge in [0.1, 0.15) is 0 Å². The van der Waals surface area contributed by atoms with E-state index < -0.39 is 0 Å². The van der Waals surface area contributed by atoms with Crippen LogP contribution >= 0.6 is 0 Å². The van der Waals surface area contributed by atoms with Crippen molar-refractivity contribution in [2.45, 2.75) is 40.5 Å². The lowest BCUT2D eigenvalue weighted by molar-refractivity contribution is 0.543. The van der Waals surface area contributed by atoms with Gasteiger partial charge in [-0.05, 0) is 51.3 Å². The molecule has 0 aliphatic heterocycles. The first-order valence-electron chi connectivity index (χ1n) is 6.36. The average molecular weight is 219 g/mol. The molecule has 16 heavy (non-hydrogen) atoms. The topological polar surface area (TPSA) is 12.0 Å². The minimum atomic E-state index is 0.751. The fraction of sp³-hybridized carbons (Fsp3) is 0.600. The highest BCUT2D eigenvalue weighted by Gasteiger charge is 1.97. The molecule has 1 heteroatoms. The van der Waals surface area contributed by atoms with Gasteiger partial charge >= 0.3 is 0 Å². The smallest absolute Gasteiger partial charge is 0.00258 e. The number of hydrogen-bond acceptors (Lipinski definition) is 1. The summed E-state index contributed by atoms with van der Waals surface area (Å²) in [5, 5.41) is 3.48. The fourth-order valence-corrected chi connectivity index (χ4v) is 2.02. The summed E-state index contributed by atoms with van der Waals surface area (Å²) in [6.45, 7) is 11.1. The van der Waals surface area contributed by atoms with Crippen LogP contribution in [0.4, 0.5) is 0 Å². The molecular weight excluding hydrogens is 194 g/mol. The van der Waals surface area contributed by atoms with Crippen molar-refractivity contribution >= 4 is 0 Å². The Hall–Kier alpha value is -0.820. The molecule has 0 aliphatic carbocycles. The van der Waals surface area contributed by atoms with Gasteiger partial charge in [-0.3, -0.25) is 0 Å². The maximum Gasteiger partial charge on any atom is -0.00258 e. The van der Waals surface area contributed by atoms with E-state index in [4.69, 9.17) is 0 Å². The van der Waals surface area contributed by atoms with E-state index >= 15 is 0 Å². The predicted octanol–water partition coefficient (Wildman–Crippen LogP) is 3.48. The second-order valence-electron chi connectivity index (χ2n) is 5.20. The second kappa shape index (κ2) is 6.70. The van der Waals surface area contributed by atoms with E-state index in [-0.39, 0.29) is 0 Å². The number of nitrogens with one attached hydrogen (secondary N) is 1. The molecule has 0 saturated heterocycles. The van der Waals surface area contributed by atoms with Gasteiger partial charge in [0, 0.05) is 0 Å². The molecule has 0 aliphatic rings. The molecule has 1 N–H and O–H groups in total. The minimum absolute atomic E-state index is 0.751. The van der Waals surface area contributed by atoms with Crippen molar-refractivity contribution in [3.05, 3.63) is 34.9 Å². The third-order valence-corrected chi connectivity index (χ3v) is 2.65. The molecule has 1 aromatic carbocycles. The molecule has 0 radical (unpaired) electrons. The Morgan fingerprint density at radius 1 is 1.06 bits per heavy atom. The van der Waals surface area contributed by atoms with E-state index in [1.165, 1.54) is 29.5 Å². The summed E-state index contributed by atoms with van der Waals surface area (Å²) in [6, 6.07) is 6.84. The van der Waals surface area contributed by atoms with Crippen molar-refractivity contribution in [1.82, 2.24) is 5.32 Å². The van der Waals surface area contributed by atoms with Gasteiger partial charge in [0.2, 0.25) is 0 Å². The van der Waals surface area contributed by atoms with E-state index in [2.05, 4.69) is 51.2 Å². The van der Waals surface area contributed by atoms with Gasteiger partial charge in [0.05, 0.1) is 0 Å². The first-order chi connectivity index (χ1) is 7.58. The Morgan fingerprint density at radius 2 is 1.69 bits per heavy atom. The summed E-state index contributed by atoms with van der Waals surface area (Å²) in [5.74, 6) is 0.751. The highest BCUT2D eigenvalue weighted by Crippen LogP contribution is 2.10. The van der Waals surface area contributed by atoms with Crippen LogP contribution < -0.4 is 5.32 Å². The number of hydrogen-bond donors (Lipinski definition) is 1. The van der Waals surface area contributed by atoms with Crippen LogP contribution in [0.3, 0.4) is 0 Å². The normalized spacial score (nSPS) is 11.1. The molecule has 0 bridgehead atoms. The van der Waals surface area contributed by atoms with Crippen LogP contribution in [0.5, 0.6) is 0 Å². The van der Waals surface area contributed by atoms with Crippen LogP contribution in [0.1, 0.15) is 37.0 Å². The van der Waals surface area contributed by atoms with Gasteiger partial charge < -0.3 is 5.32 Å². The van der Waals surface area contributed by atoms with Gasteiger partial charge in [0.25, 0.3) is 0 Å². The van der Waals surface area contributed by atoms with Gasteiger partial charge in [0.15, 0.2) is 0 Å². The Balaban J connectivity index is 2.26. The Bertz CT molecular complexity index is 295. The lowest BCUT2D eigenvalue weighted by atomic mass is 10.0. The maximum atomic E-state index is 3.48. The summed E-state index contributed by atoms with van der Waals surface area (Å²) in [7, 11) is 0. The van der Waals surface area contributed by atoms with Crippen LogP contribution in [-0.4, -0.2) is 13.1 Å². The van der Waals surface area contributed by atoms with Crippen molar-refractivity contribution in [3.63, 3.8) is 0 Å². The lowest BCUT2D eigenvalue weighted by Gasteiger charge is -2.08. The molecule has 0 saturated carbocycles. The highest BCUT2D eigenvalue weighted by atomic mass is 14.8. The summed E-state index contributed by atoms with van der Waals surface area (Å²) in [5.41, 5.74) is 4.24. The monoisotopic (exact) mass is 219 g/mol. The SMILES string of the molecule is Cc1cc(C)cc(CCCNCC(C)C)c1. The molecule has 1 aromatic rings. The third kappa shape index (κ3) is 5.32. The quantitative estimate of drug-likeness (QED) is 0.722. The fourth-order valence-electron chi connectivity index (χ4n) is 2.02. The lowest BCUT2D eigenvalue weighted by Crippen LogP contribution is -2.21. The van der Waals surface area contributed by atoms with Gasteiger partial charge in [-0.25, -0.2) is 0 Å². The van der Waals surface area contributed by atoms with E-state index in [1.54, 1.807) is 0 Å². The van der Waals surface area contributed by atoms with Crippen molar-refractivity contribution in [2.24, 2.45) is 5.92 Å². The molecule has 0 unspecified atom stereocenters. The second-order valence-corrected chi connectivity index (χ2v) is 5.20. The van der Waals surface area contributed by atoms with Crippen molar-refractivity contribution in [2.75, 3.05) is 13.1 Å². The standard InChI is InChI=1S/C15H25N/c1-12(2)11-16-7-5-6-15-9-13(3)8-14(4)10-15/h8-10,12,16H,5-7,11H2,1-4H3. The molecule has 0 heterocycles. The Kier molecular flexibility index (Phi) is 5.54. The summed E-state index contributed by atoms with van der Waals surface area (Å²) >= 11 is 0. The van der Waals surface area contributed by atoms with Crippen LogP contribution in [0.15, 0.2) is 18.2 Å². The predicted molar refractivity (Wildman–Crippen MR) is 71.9 cm³/mol. The van der Waals surface area contributed by atoms with Gasteiger partial charge in [-0.2, -0.15) is 0 Å². The number of aryl methyl sites for hydroxylation is 3. The average Bonchev–Trinajstić information content (AvgIpc) is 2.15. The zero-order chi connectivity index (χ0) is 12.0. The van der Waals surface area contributed by atoms with E-state index in [1.807, 2.05) is 0 Å². The van der Waals surface area contributed by atoms with E-state index in [0.29, 0.717) is 0 Å². The zero-order valence-electron chi connectivity index (χ0n) is 11.1. The molecule has 0 amide bonds. The molecule has 0 atom stereocenters. The molecule has 0 fully saturated rings. The van der Waals surface area contributed by atoms with Crippen LogP contribution in [0.25, 0.3) is 0 Å². The molecule has 90 valence electrons. The largest absolute Gasteiger partial charge is 0.316 e. The molecule has 1 rings (SSSR count). The first kappa shape index (κ1) is 13.2. The van der Waals surface area contributed by atoms with E-state index in [9.17, 15) is 0 Å². The van der Waals surface area contributed by atoms with Crippen LogP contribution in [0.2, 0.25) is 0 Å². The molecule has 1 nitrogen and oxygen atoms in total. The minimum Gasteiger partial charge on any atom is -0.316 e. The van der Waals surface area contributed by atoms with Crippen molar-refractivity contribution < 1.29 is 0 Å². The van der Waals surface area contributed by atoms with Gasteiger partial charge in [-0.1, -0.05) is 43.2 Å². The summed E-state index contributed by atoms with van der Waals surface area (Å²) in [6.07, 6.45) is 2.42. The Labute approximate surface area is 100 Å². The first-order valence-corrected chi connectivity index (χ1v) is 6.36. The zero-order valence-corrected chi connectivity index (χ0v) is 11.1. The Morgan fingerprint density at radius 3 is 2.25 bits per heavy atom. The van der Waals surface area contributed by atoms with E-state index in [0.717, 1.165) is 19.0 Å². The maximum absolute atomic E-state index is 3.48.